The average Bonchev–Trinajstić information content (AvgIpc) is 2.82. The molecule has 2 nitrogen and oxygen atoms in total. The Labute approximate surface area is 109 Å². The van der Waals surface area contributed by atoms with Gasteiger partial charge in [-0.3, -0.25) is 4.79 Å². The fraction of sp³-hybridized carbons (Fsp3) is 0.643. The van der Waals surface area contributed by atoms with Crippen molar-refractivity contribution >= 4 is 17.1 Å². The van der Waals surface area contributed by atoms with Crippen LogP contribution in [0.3, 0.4) is 0 Å². The summed E-state index contributed by atoms with van der Waals surface area (Å²) < 4.78 is 0. The number of nitrogens with zero attached hydrogens (tertiary/aromatic N) is 1. The third kappa shape index (κ3) is 5.46. The number of carbonyl (C=O) groups excluding carboxylic acids is 1. The molecule has 0 aromatic carbocycles. The Morgan fingerprint density at radius 2 is 2.29 bits per heavy atom. The summed E-state index contributed by atoms with van der Waals surface area (Å²) in [5.74, 6) is 1.03. The van der Waals surface area contributed by atoms with Crippen LogP contribution >= 0.6 is 11.3 Å². The summed E-state index contributed by atoms with van der Waals surface area (Å²) in [5.41, 5.74) is 0. The second-order valence-electron chi connectivity index (χ2n) is 4.78. The molecular formula is C14H23NOS. The van der Waals surface area contributed by atoms with E-state index in [2.05, 4.69) is 25.8 Å². The van der Waals surface area contributed by atoms with E-state index in [-0.39, 0.29) is 5.78 Å². The highest BCUT2D eigenvalue weighted by molar-refractivity contribution is 7.12. The molecule has 0 aliphatic carbocycles. The van der Waals surface area contributed by atoms with Crippen LogP contribution in [0.25, 0.3) is 0 Å². The smallest absolute Gasteiger partial charge is 0.172 e. The molecule has 1 atom stereocenters. The van der Waals surface area contributed by atoms with Crippen molar-refractivity contribution in [2.45, 2.75) is 33.1 Å². The topological polar surface area (TPSA) is 20.3 Å². The van der Waals surface area contributed by atoms with E-state index in [9.17, 15) is 4.79 Å². The maximum Gasteiger partial charge on any atom is 0.172 e. The van der Waals surface area contributed by atoms with Gasteiger partial charge < -0.3 is 4.90 Å². The molecule has 1 rings (SSSR count). The number of carbonyl (C=O) groups is 1. The van der Waals surface area contributed by atoms with E-state index in [1.54, 1.807) is 11.3 Å². The second-order valence-corrected chi connectivity index (χ2v) is 5.73. The molecular weight excluding hydrogens is 230 g/mol. The maximum atomic E-state index is 11.8. The first-order valence-electron chi connectivity index (χ1n) is 6.38. The van der Waals surface area contributed by atoms with Crippen LogP contribution in [0, 0.1) is 5.92 Å². The van der Waals surface area contributed by atoms with Gasteiger partial charge in [0.25, 0.3) is 0 Å². The zero-order chi connectivity index (χ0) is 12.7. The molecule has 0 bridgehead atoms. The third-order valence-electron chi connectivity index (χ3n) is 3.06. The number of hydrogen-bond acceptors (Lipinski definition) is 3. The lowest BCUT2D eigenvalue weighted by molar-refractivity contribution is 0.0979. The van der Waals surface area contributed by atoms with Gasteiger partial charge in [0.1, 0.15) is 0 Å². The van der Waals surface area contributed by atoms with Crippen molar-refractivity contribution < 1.29 is 4.79 Å². The minimum absolute atomic E-state index is 0.289. The molecule has 0 fully saturated rings. The molecule has 0 amide bonds. The van der Waals surface area contributed by atoms with Crippen molar-refractivity contribution in [3.8, 4) is 0 Å². The predicted molar refractivity (Wildman–Crippen MR) is 74.8 cm³/mol. The van der Waals surface area contributed by atoms with Gasteiger partial charge in [0, 0.05) is 13.0 Å². The van der Waals surface area contributed by atoms with E-state index >= 15 is 0 Å². The summed E-state index contributed by atoms with van der Waals surface area (Å²) in [4.78, 5) is 15.0. The van der Waals surface area contributed by atoms with E-state index in [1.165, 1.54) is 6.42 Å². The van der Waals surface area contributed by atoms with Crippen molar-refractivity contribution in [2.24, 2.45) is 5.92 Å². The average molecular weight is 253 g/mol. The van der Waals surface area contributed by atoms with Crippen molar-refractivity contribution in [1.82, 2.24) is 4.90 Å². The number of ketones is 1. The van der Waals surface area contributed by atoms with Gasteiger partial charge >= 0.3 is 0 Å². The first kappa shape index (κ1) is 14.4. The highest BCUT2D eigenvalue weighted by Gasteiger charge is 2.08. The number of thiophene rings is 1. The quantitative estimate of drug-likeness (QED) is 0.659. The zero-order valence-electron chi connectivity index (χ0n) is 11.1. The number of Topliss-reactive ketones (excluding diaryl/α,β-unsaturated/α-hetero) is 1. The predicted octanol–water partition coefficient (Wildman–Crippen LogP) is 3.69. The lowest BCUT2D eigenvalue weighted by Crippen LogP contribution is -2.25. The van der Waals surface area contributed by atoms with Crippen molar-refractivity contribution in [2.75, 3.05) is 20.1 Å². The summed E-state index contributed by atoms with van der Waals surface area (Å²) in [6.07, 6.45) is 2.85. The molecule has 0 aliphatic rings. The minimum atomic E-state index is 0.289. The van der Waals surface area contributed by atoms with Crippen molar-refractivity contribution in [1.29, 1.82) is 0 Å². The molecule has 1 aromatic rings. The lowest BCUT2D eigenvalue weighted by atomic mass is 10.1. The summed E-state index contributed by atoms with van der Waals surface area (Å²) in [6, 6.07) is 3.85. The standard InChI is InChI=1S/C14H23NOS/c1-4-12(2)11-15(3)9-5-7-13(16)14-8-6-10-17-14/h6,8,10,12H,4-5,7,9,11H2,1-3H3. The van der Waals surface area contributed by atoms with Gasteiger partial charge in [0.05, 0.1) is 4.88 Å². The van der Waals surface area contributed by atoms with E-state index in [4.69, 9.17) is 0 Å². The Balaban J connectivity index is 2.17. The van der Waals surface area contributed by atoms with Crippen LogP contribution in [0.4, 0.5) is 0 Å². The monoisotopic (exact) mass is 253 g/mol. The normalized spacial score (nSPS) is 12.9. The van der Waals surface area contributed by atoms with Crippen LogP contribution in [0.5, 0.6) is 0 Å². The molecule has 17 heavy (non-hydrogen) atoms. The first-order chi connectivity index (χ1) is 8.13. The molecule has 0 aliphatic heterocycles. The molecule has 3 heteroatoms. The third-order valence-corrected chi connectivity index (χ3v) is 3.97. The molecule has 96 valence electrons. The van der Waals surface area contributed by atoms with Gasteiger partial charge in [-0.2, -0.15) is 0 Å². The van der Waals surface area contributed by atoms with Gasteiger partial charge in [-0.15, -0.1) is 11.3 Å². The van der Waals surface area contributed by atoms with Crippen molar-refractivity contribution in [3.63, 3.8) is 0 Å². The highest BCUT2D eigenvalue weighted by Crippen LogP contribution is 2.12. The molecule has 1 heterocycles. The van der Waals surface area contributed by atoms with E-state index in [0.29, 0.717) is 6.42 Å². The van der Waals surface area contributed by atoms with Crippen LogP contribution in [0.15, 0.2) is 17.5 Å². The van der Waals surface area contributed by atoms with Gasteiger partial charge in [-0.1, -0.05) is 26.3 Å². The van der Waals surface area contributed by atoms with Crippen LogP contribution in [-0.2, 0) is 0 Å². The second kappa shape index (κ2) is 7.62. The lowest BCUT2D eigenvalue weighted by Gasteiger charge is -2.19. The Hall–Kier alpha value is -0.670. The highest BCUT2D eigenvalue weighted by atomic mass is 32.1. The van der Waals surface area contributed by atoms with Gasteiger partial charge in [0.15, 0.2) is 5.78 Å². The fourth-order valence-corrected chi connectivity index (χ4v) is 2.52. The Morgan fingerprint density at radius 3 is 2.88 bits per heavy atom. The molecule has 1 unspecified atom stereocenters. The van der Waals surface area contributed by atoms with E-state index < -0.39 is 0 Å². The van der Waals surface area contributed by atoms with Crippen molar-refractivity contribution in [3.05, 3.63) is 22.4 Å². The molecule has 0 radical (unpaired) electrons. The summed E-state index contributed by atoms with van der Waals surface area (Å²) >= 11 is 1.54. The Kier molecular flexibility index (Phi) is 6.45. The minimum Gasteiger partial charge on any atom is -0.306 e. The summed E-state index contributed by atoms with van der Waals surface area (Å²) in [5, 5.41) is 1.96. The fourth-order valence-electron chi connectivity index (χ4n) is 1.82. The first-order valence-corrected chi connectivity index (χ1v) is 7.26. The number of hydrogen-bond donors (Lipinski definition) is 0. The molecule has 1 aromatic heterocycles. The summed E-state index contributed by atoms with van der Waals surface area (Å²) in [7, 11) is 2.14. The largest absolute Gasteiger partial charge is 0.306 e. The van der Waals surface area contributed by atoms with E-state index in [0.717, 1.165) is 30.3 Å². The van der Waals surface area contributed by atoms with Gasteiger partial charge in [-0.05, 0) is 37.4 Å². The molecule has 0 N–H and O–H groups in total. The Bertz CT molecular complexity index is 321. The number of rotatable bonds is 8. The van der Waals surface area contributed by atoms with Gasteiger partial charge in [-0.25, -0.2) is 0 Å². The Morgan fingerprint density at radius 1 is 1.53 bits per heavy atom. The molecule has 0 saturated carbocycles. The molecule has 0 spiro atoms. The zero-order valence-corrected chi connectivity index (χ0v) is 11.9. The van der Waals surface area contributed by atoms with Crippen LogP contribution in [0.1, 0.15) is 42.8 Å². The van der Waals surface area contributed by atoms with Crippen LogP contribution < -0.4 is 0 Å². The summed E-state index contributed by atoms with van der Waals surface area (Å²) in [6.45, 7) is 6.64. The SMILES string of the molecule is CCC(C)CN(C)CCCC(=O)c1cccs1. The maximum absolute atomic E-state index is 11.8. The van der Waals surface area contributed by atoms with E-state index in [1.807, 2.05) is 17.5 Å². The van der Waals surface area contributed by atoms with Crippen LogP contribution in [0.2, 0.25) is 0 Å². The van der Waals surface area contributed by atoms with Crippen LogP contribution in [-0.4, -0.2) is 30.8 Å². The molecule has 0 saturated heterocycles. The van der Waals surface area contributed by atoms with Gasteiger partial charge in [0.2, 0.25) is 0 Å².